The van der Waals surface area contributed by atoms with Crippen LogP contribution in [0.3, 0.4) is 0 Å². The molecule has 1 aromatic heterocycles. The predicted molar refractivity (Wildman–Crippen MR) is 107 cm³/mol. The zero-order chi connectivity index (χ0) is 18.4. The highest BCUT2D eigenvalue weighted by atomic mass is 16.1. The molecule has 0 unspecified atom stereocenters. The fourth-order valence-corrected chi connectivity index (χ4v) is 2.76. The van der Waals surface area contributed by atoms with Gasteiger partial charge in [0, 0.05) is 29.2 Å². The molecule has 0 fully saturated rings. The van der Waals surface area contributed by atoms with Crippen molar-refractivity contribution < 1.29 is 9.36 Å². The Kier molecular flexibility index (Phi) is 5.75. The lowest BCUT2D eigenvalue weighted by molar-refractivity contribution is -0.688. The molecule has 2 heteroatoms. The van der Waals surface area contributed by atoms with Gasteiger partial charge in [-0.2, -0.15) is 0 Å². The van der Waals surface area contributed by atoms with E-state index in [1.165, 1.54) is 5.56 Å². The normalized spacial score (nSPS) is 11.2. The van der Waals surface area contributed by atoms with E-state index in [9.17, 15) is 4.79 Å². The van der Waals surface area contributed by atoms with Crippen molar-refractivity contribution in [1.29, 1.82) is 0 Å². The van der Waals surface area contributed by atoms with Crippen molar-refractivity contribution >= 4 is 17.9 Å². The SMILES string of the molecule is CC(C)C(=O)c1ccc(/C=C/c2cc[n+](Cc3ccccc3)cc2)cc1. The molecule has 0 saturated heterocycles. The Bertz CT molecular complexity index is 876. The van der Waals surface area contributed by atoms with Gasteiger partial charge in [-0.05, 0) is 11.1 Å². The van der Waals surface area contributed by atoms with Crippen LogP contribution >= 0.6 is 0 Å². The van der Waals surface area contributed by atoms with Gasteiger partial charge in [0.1, 0.15) is 0 Å². The standard InChI is InChI=1S/C24H24NO/c1-19(2)24(26)23-12-10-20(11-13-23)8-9-21-14-16-25(17-15-21)18-22-6-4-3-5-7-22/h3-17,19H,18H2,1-2H3/q+1/b9-8+. The summed E-state index contributed by atoms with van der Waals surface area (Å²) in [5.74, 6) is 0.217. The molecule has 0 aliphatic heterocycles. The van der Waals surface area contributed by atoms with Gasteiger partial charge in [-0.1, -0.05) is 80.6 Å². The third kappa shape index (κ3) is 4.76. The van der Waals surface area contributed by atoms with Gasteiger partial charge in [0.25, 0.3) is 0 Å². The summed E-state index contributed by atoms with van der Waals surface area (Å²) in [6.07, 6.45) is 8.35. The summed E-state index contributed by atoms with van der Waals surface area (Å²) in [6.45, 7) is 4.72. The van der Waals surface area contributed by atoms with Gasteiger partial charge in [0.2, 0.25) is 0 Å². The highest BCUT2D eigenvalue weighted by molar-refractivity contribution is 5.97. The second-order valence-electron chi connectivity index (χ2n) is 6.76. The smallest absolute Gasteiger partial charge is 0.173 e. The van der Waals surface area contributed by atoms with E-state index in [2.05, 4.69) is 65.5 Å². The lowest BCUT2D eigenvalue weighted by Crippen LogP contribution is -2.32. The van der Waals surface area contributed by atoms with Crippen LogP contribution in [0.25, 0.3) is 12.2 Å². The molecule has 0 amide bonds. The molecule has 26 heavy (non-hydrogen) atoms. The number of nitrogens with zero attached hydrogens (tertiary/aromatic N) is 1. The average molecular weight is 342 g/mol. The molecule has 0 aliphatic carbocycles. The third-order valence-electron chi connectivity index (χ3n) is 4.31. The van der Waals surface area contributed by atoms with Crippen LogP contribution in [0.2, 0.25) is 0 Å². The highest BCUT2D eigenvalue weighted by Crippen LogP contribution is 2.12. The van der Waals surface area contributed by atoms with Crippen molar-refractivity contribution in [3.8, 4) is 0 Å². The molecule has 3 rings (SSSR count). The van der Waals surface area contributed by atoms with Crippen molar-refractivity contribution in [2.45, 2.75) is 20.4 Å². The predicted octanol–water partition coefficient (Wildman–Crippen LogP) is 5.03. The van der Waals surface area contributed by atoms with Crippen LogP contribution in [0.5, 0.6) is 0 Å². The second-order valence-corrected chi connectivity index (χ2v) is 6.76. The van der Waals surface area contributed by atoms with Crippen LogP contribution in [-0.4, -0.2) is 5.78 Å². The van der Waals surface area contributed by atoms with Gasteiger partial charge in [-0.25, -0.2) is 4.57 Å². The Morgan fingerprint density at radius 2 is 1.42 bits per heavy atom. The van der Waals surface area contributed by atoms with Crippen LogP contribution < -0.4 is 4.57 Å². The van der Waals surface area contributed by atoms with Crippen molar-refractivity contribution in [2.75, 3.05) is 0 Å². The first-order chi connectivity index (χ1) is 12.6. The maximum atomic E-state index is 12.0. The van der Waals surface area contributed by atoms with Crippen molar-refractivity contribution in [2.24, 2.45) is 5.92 Å². The van der Waals surface area contributed by atoms with Crippen LogP contribution in [0, 0.1) is 5.92 Å². The largest absolute Gasteiger partial charge is 0.294 e. The van der Waals surface area contributed by atoms with Crippen LogP contribution in [0.4, 0.5) is 0 Å². The quantitative estimate of drug-likeness (QED) is 0.454. The molecule has 0 spiro atoms. The lowest BCUT2D eigenvalue weighted by Gasteiger charge is -2.04. The third-order valence-corrected chi connectivity index (χ3v) is 4.31. The molecule has 0 aliphatic rings. The Hall–Kier alpha value is -3.00. The molecule has 2 nitrogen and oxygen atoms in total. The molecule has 2 aromatic carbocycles. The number of pyridine rings is 1. The van der Waals surface area contributed by atoms with Gasteiger partial charge in [0.05, 0.1) is 0 Å². The summed E-state index contributed by atoms with van der Waals surface area (Å²) in [5, 5.41) is 0. The minimum atomic E-state index is 0.0308. The monoisotopic (exact) mass is 342 g/mol. The molecule has 3 aromatic rings. The van der Waals surface area contributed by atoms with Crippen molar-refractivity contribution in [3.63, 3.8) is 0 Å². The van der Waals surface area contributed by atoms with Gasteiger partial charge in [-0.3, -0.25) is 4.79 Å². The number of benzene rings is 2. The highest BCUT2D eigenvalue weighted by Gasteiger charge is 2.09. The molecule has 0 radical (unpaired) electrons. The molecule has 0 bridgehead atoms. The van der Waals surface area contributed by atoms with Crippen LogP contribution in [0.15, 0.2) is 79.1 Å². The van der Waals surface area contributed by atoms with Gasteiger partial charge in [0.15, 0.2) is 24.7 Å². The van der Waals surface area contributed by atoms with Gasteiger partial charge >= 0.3 is 0 Å². The number of hydrogen-bond acceptors (Lipinski definition) is 1. The molecule has 0 N–H and O–H groups in total. The summed E-state index contributed by atoms with van der Waals surface area (Å²) in [6, 6.07) is 22.4. The summed E-state index contributed by atoms with van der Waals surface area (Å²) < 4.78 is 2.17. The minimum absolute atomic E-state index is 0.0308. The topological polar surface area (TPSA) is 20.9 Å². The zero-order valence-corrected chi connectivity index (χ0v) is 15.3. The summed E-state index contributed by atoms with van der Waals surface area (Å²) in [5.41, 5.74) is 4.30. The minimum Gasteiger partial charge on any atom is -0.294 e. The number of rotatable bonds is 6. The fourth-order valence-electron chi connectivity index (χ4n) is 2.76. The Labute approximate surface area is 155 Å². The first kappa shape index (κ1) is 17.8. The first-order valence-corrected chi connectivity index (χ1v) is 8.97. The van der Waals surface area contributed by atoms with E-state index in [-0.39, 0.29) is 11.7 Å². The van der Waals surface area contributed by atoms with E-state index < -0.39 is 0 Å². The number of ketones is 1. The maximum absolute atomic E-state index is 12.0. The number of hydrogen-bond donors (Lipinski definition) is 0. The van der Waals surface area contributed by atoms with E-state index in [0.29, 0.717) is 0 Å². The van der Waals surface area contributed by atoms with Crippen molar-refractivity contribution in [3.05, 3.63) is 101 Å². The number of carbonyl (C=O) groups excluding carboxylic acids is 1. The summed E-state index contributed by atoms with van der Waals surface area (Å²) in [7, 11) is 0. The second kappa shape index (κ2) is 8.39. The number of aromatic nitrogens is 1. The lowest BCUT2D eigenvalue weighted by atomic mass is 10.00. The molecular formula is C24H24NO+. The average Bonchev–Trinajstić information content (AvgIpc) is 2.68. The Morgan fingerprint density at radius 3 is 2.00 bits per heavy atom. The number of carbonyl (C=O) groups is 1. The molecule has 130 valence electrons. The van der Waals surface area contributed by atoms with Gasteiger partial charge in [-0.15, -0.1) is 0 Å². The first-order valence-electron chi connectivity index (χ1n) is 8.97. The summed E-state index contributed by atoms with van der Waals surface area (Å²) in [4.78, 5) is 12.0. The maximum Gasteiger partial charge on any atom is 0.173 e. The van der Waals surface area contributed by atoms with Crippen LogP contribution in [0.1, 0.15) is 40.9 Å². The Morgan fingerprint density at radius 1 is 0.846 bits per heavy atom. The summed E-state index contributed by atoms with van der Waals surface area (Å²) >= 11 is 0. The van der Waals surface area contributed by atoms with E-state index in [4.69, 9.17) is 0 Å². The molecule has 0 atom stereocenters. The van der Waals surface area contributed by atoms with Crippen LogP contribution in [-0.2, 0) is 6.54 Å². The number of Topliss-reactive ketones (excluding diaryl/α,β-unsaturated/α-hetero) is 1. The van der Waals surface area contributed by atoms with E-state index >= 15 is 0 Å². The Balaban J connectivity index is 1.64. The van der Waals surface area contributed by atoms with E-state index in [1.54, 1.807) is 0 Å². The molecule has 0 saturated carbocycles. The zero-order valence-electron chi connectivity index (χ0n) is 15.3. The van der Waals surface area contributed by atoms with Crippen molar-refractivity contribution in [1.82, 2.24) is 0 Å². The van der Waals surface area contributed by atoms with E-state index in [0.717, 1.165) is 23.2 Å². The molecule has 1 heterocycles. The fraction of sp³-hybridized carbons (Fsp3) is 0.167. The van der Waals surface area contributed by atoms with E-state index in [1.807, 2.05) is 44.2 Å². The van der Waals surface area contributed by atoms with Gasteiger partial charge < -0.3 is 0 Å². The molecular weight excluding hydrogens is 318 g/mol.